The van der Waals surface area contributed by atoms with Gasteiger partial charge in [0.15, 0.2) is 0 Å². The molecule has 0 unspecified atom stereocenters. The van der Waals surface area contributed by atoms with Crippen LogP contribution in [0.1, 0.15) is 15.9 Å². The number of thiazole rings is 1. The second-order valence-corrected chi connectivity index (χ2v) is 5.91. The highest BCUT2D eigenvalue weighted by Gasteiger charge is 2.10. The molecule has 3 nitrogen and oxygen atoms in total. The molecule has 0 aliphatic rings. The molecule has 20 heavy (non-hydrogen) atoms. The molecule has 2 aromatic carbocycles. The molecule has 3 aromatic rings. The minimum Gasteiger partial charge on any atom is -0.478 e. The SMILES string of the molecule is Cc1ccc(-c2nc3ccc(C(=O)O)cc3s2)cc1Cl. The van der Waals surface area contributed by atoms with Crippen molar-refractivity contribution in [1.82, 2.24) is 4.98 Å². The Morgan fingerprint density at radius 2 is 2.05 bits per heavy atom. The van der Waals surface area contributed by atoms with Gasteiger partial charge in [-0.25, -0.2) is 9.78 Å². The molecule has 100 valence electrons. The number of carboxylic acids is 1. The van der Waals surface area contributed by atoms with Crippen LogP contribution in [0.5, 0.6) is 0 Å². The summed E-state index contributed by atoms with van der Waals surface area (Å²) >= 11 is 7.59. The van der Waals surface area contributed by atoms with Crippen LogP contribution in [0, 0.1) is 6.92 Å². The largest absolute Gasteiger partial charge is 0.478 e. The lowest BCUT2D eigenvalue weighted by Gasteiger charge is -1.99. The Balaban J connectivity index is 2.12. The minimum atomic E-state index is -0.930. The standard InChI is InChI=1S/C15H10ClNO2S/c1-8-2-3-9(6-11(8)16)14-17-12-5-4-10(15(18)19)7-13(12)20-14/h2-7H,1H3,(H,18,19). The third-order valence-corrected chi connectivity index (χ3v) is 4.53. The average molecular weight is 304 g/mol. The molecule has 0 aliphatic carbocycles. The van der Waals surface area contributed by atoms with Crippen LogP contribution in [-0.4, -0.2) is 16.1 Å². The predicted molar refractivity (Wildman–Crippen MR) is 81.8 cm³/mol. The van der Waals surface area contributed by atoms with E-state index in [-0.39, 0.29) is 5.56 Å². The molecule has 0 radical (unpaired) electrons. The van der Waals surface area contributed by atoms with Crippen molar-refractivity contribution in [2.24, 2.45) is 0 Å². The van der Waals surface area contributed by atoms with Gasteiger partial charge in [0.2, 0.25) is 0 Å². The van der Waals surface area contributed by atoms with Crippen LogP contribution in [0.3, 0.4) is 0 Å². The second-order valence-electron chi connectivity index (χ2n) is 4.47. The predicted octanol–water partition coefficient (Wildman–Crippen LogP) is 4.62. The number of aryl methyl sites for hydroxylation is 1. The number of halogens is 1. The number of aromatic carboxylic acids is 1. The van der Waals surface area contributed by atoms with Gasteiger partial charge in [-0.15, -0.1) is 11.3 Å². The number of nitrogens with zero attached hydrogens (tertiary/aromatic N) is 1. The van der Waals surface area contributed by atoms with E-state index in [2.05, 4.69) is 4.98 Å². The number of hydrogen-bond donors (Lipinski definition) is 1. The van der Waals surface area contributed by atoms with E-state index in [1.54, 1.807) is 18.2 Å². The average Bonchev–Trinajstić information content (AvgIpc) is 2.84. The van der Waals surface area contributed by atoms with Crippen LogP contribution in [0.2, 0.25) is 5.02 Å². The number of carbonyl (C=O) groups is 1. The molecule has 0 aliphatic heterocycles. The van der Waals surface area contributed by atoms with Crippen LogP contribution in [-0.2, 0) is 0 Å². The van der Waals surface area contributed by atoms with Crippen molar-refractivity contribution in [2.75, 3.05) is 0 Å². The molecule has 0 spiro atoms. The van der Waals surface area contributed by atoms with Crippen LogP contribution in [0.15, 0.2) is 36.4 Å². The van der Waals surface area contributed by atoms with E-state index in [9.17, 15) is 4.79 Å². The smallest absolute Gasteiger partial charge is 0.335 e. The van der Waals surface area contributed by atoms with Gasteiger partial charge in [0.1, 0.15) is 5.01 Å². The number of fused-ring (bicyclic) bond motifs is 1. The molecule has 3 rings (SSSR count). The summed E-state index contributed by atoms with van der Waals surface area (Å²) in [6.45, 7) is 1.95. The summed E-state index contributed by atoms with van der Waals surface area (Å²) in [5, 5.41) is 10.5. The number of rotatable bonds is 2. The maximum atomic E-state index is 11.0. The lowest BCUT2D eigenvalue weighted by atomic mass is 10.1. The van der Waals surface area contributed by atoms with Gasteiger partial charge in [-0.1, -0.05) is 23.7 Å². The Labute approximate surface area is 124 Å². The first-order chi connectivity index (χ1) is 9.54. The van der Waals surface area contributed by atoms with Crippen LogP contribution < -0.4 is 0 Å². The first-order valence-electron chi connectivity index (χ1n) is 5.95. The summed E-state index contributed by atoms with van der Waals surface area (Å²) in [5.41, 5.74) is 3.03. The van der Waals surface area contributed by atoms with E-state index in [0.717, 1.165) is 26.4 Å². The Morgan fingerprint density at radius 3 is 2.75 bits per heavy atom. The van der Waals surface area contributed by atoms with E-state index >= 15 is 0 Å². The van der Waals surface area contributed by atoms with Gasteiger partial charge >= 0.3 is 5.97 Å². The quantitative estimate of drug-likeness (QED) is 0.751. The van der Waals surface area contributed by atoms with Crippen LogP contribution in [0.4, 0.5) is 0 Å². The molecule has 0 amide bonds. The Kier molecular flexibility index (Phi) is 3.20. The zero-order valence-corrected chi connectivity index (χ0v) is 12.1. The maximum absolute atomic E-state index is 11.0. The van der Waals surface area contributed by atoms with Gasteiger partial charge in [-0.05, 0) is 36.8 Å². The Hall–Kier alpha value is -1.91. The van der Waals surface area contributed by atoms with Gasteiger partial charge in [0.05, 0.1) is 15.8 Å². The van der Waals surface area contributed by atoms with E-state index in [1.165, 1.54) is 11.3 Å². The summed E-state index contributed by atoms with van der Waals surface area (Å²) in [5.74, 6) is -0.930. The summed E-state index contributed by atoms with van der Waals surface area (Å²) in [4.78, 5) is 15.5. The fourth-order valence-electron chi connectivity index (χ4n) is 1.91. The summed E-state index contributed by atoms with van der Waals surface area (Å²) in [6, 6.07) is 10.7. The number of aromatic nitrogens is 1. The zero-order chi connectivity index (χ0) is 14.3. The molecular formula is C15H10ClNO2S. The zero-order valence-electron chi connectivity index (χ0n) is 10.6. The van der Waals surface area contributed by atoms with Gasteiger partial charge in [-0.2, -0.15) is 0 Å². The highest BCUT2D eigenvalue weighted by molar-refractivity contribution is 7.21. The molecule has 0 fully saturated rings. The van der Waals surface area contributed by atoms with Crippen molar-refractivity contribution >= 4 is 39.1 Å². The molecule has 0 atom stereocenters. The summed E-state index contributed by atoms with van der Waals surface area (Å²) in [7, 11) is 0. The third-order valence-electron chi connectivity index (χ3n) is 3.05. The normalized spacial score (nSPS) is 10.9. The van der Waals surface area contributed by atoms with Crippen molar-refractivity contribution in [3.05, 3.63) is 52.5 Å². The van der Waals surface area contributed by atoms with Crippen LogP contribution >= 0.6 is 22.9 Å². The number of benzene rings is 2. The molecule has 0 saturated carbocycles. The molecule has 1 aromatic heterocycles. The summed E-state index contributed by atoms with van der Waals surface area (Å²) < 4.78 is 0.858. The topological polar surface area (TPSA) is 50.2 Å². The van der Waals surface area contributed by atoms with E-state index in [4.69, 9.17) is 16.7 Å². The van der Waals surface area contributed by atoms with E-state index in [1.807, 2.05) is 25.1 Å². The number of hydrogen-bond acceptors (Lipinski definition) is 3. The molecule has 0 bridgehead atoms. The monoisotopic (exact) mass is 303 g/mol. The van der Waals surface area contributed by atoms with E-state index in [0.29, 0.717) is 5.02 Å². The third kappa shape index (κ3) is 2.28. The van der Waals surface area contributed by atoms with Gasteiger partial charge in [0.25, 0.3) is 0 Å². The van der Waals surface area contributed by atoms with Crippen molar-refractivity contribution in [2.45, 2.75) is 6.92 Å². The first kappa shape index (κ1) is 13.1. The lowest BCUT2D eigenvalue weighted by Crippen LogP contribution is -1.94. The fraction of sp³-hybridized carbons (Fsp3) is 0.0667. The lowest BCUT2D eigenvalue weighted by molar-refractivity contribution is 0.0697. The molecular weight excluding hydrogens is 294 g/mol. The van der Waals surface area contributed by atoms with Crippen LogP contribution in [0.25, 0.3) is 20.8 Å². The minimum absolute atomic E-state index is 0.273. The number of carboxylic acid groups (broad SMARTS) is 1. The van der Waals surface area contributed by atoms with Gasteiger partial charge in [0, 0.05) is 10.6 Å². The Morgan fingerprint density at radius 1 is 1.25 bits per heavy atom. The van der Waals surface area contributed by atoms with Crippen molar-refractivity contribution in [3.63, 3.8) is 0 Å². The second kappa shape index (κ2) is 4.89. The van der Waals surface area contributed by atoms with Crippen molar-refractivity contribution in [1.29, 1.82) is 0 Å². The first-order valence-corrected chi connectivity index (χ1v) is 7.14. The molecule has 1 heterocycles. The highest BCUT2D eigenvalue weighted by atomic mass is 35.5. The van der Waals surface area contributed by atoms with E-state index < -0.39 is 5.97 Å². The maximum Gasteiger partial charge on any atom is 0.335 e. The van der Waals surface area contributed by atoms with Crippen molar-refractivity contribution in [3.8, 4) is 10.6 Å². The highest BCUT2D eigenvalue weighted by Crippen LogP contribution is 2.32. The molecule has 1 N–H and O–H groups in total. The summed E-state index contributed by atoms with van der Waals surface area (Å²) in [6.07, 6.45) is 0. The molecule has 5 heteroatoms. The van der Waals surface area contributed by atoms with Gasteiger partial charge < -0.3 is 5.11 Å². The van der Waals surface area contributed by atoms with Gasteiger partial charge in [-0.3, -0.25) is 0 Å². The molecule has 0 saturated heterocycles. The van der Waals surface area contributed by atoms with Crippen molar-refractivity contribution < 1.29 is 9.90 Å². The Bertz CT molecular complexity index is 826. The fourth-order valence-corrected chi connectivity index (χ4v) is 3.09.